The highest BCUT2D eigenvalue weighted by Crippen LogP contribution is 2.45. The van der Waals surface area contributed by atoms with Crippen molar-refractivity contribution >= 4 is 28.0 Å². The summed E-state index contributed by atoms with van der Waals surface area (Å²) in [4.78, 5) is 12.8. The van der Waals surface area contributed by atoms with Gasteiger partial charge in [0.1, 0.15) is 5.82 Å². The average Bonchev–Trinajstić information content (AvgIpc) is 3.15. The van der Waals surface area contributed by atoms with Gasteiger partial charge in [0.2, 0.25) is 5.88 Å². The summed E-state index contributed by atoms with van der Waals surface area (Å²) >= 11 is 0. The Hall–Kier alpha value is -3.88. The molecule has 5 nitrogen and oxygen atoms in total. The minimum absolute atomic E-state index is 0.117. The normalized spacial score (nSPS) is 13.5. The van der Waals surface area contributed by atoms with Crippen molar-refractivity contribution in [3.63, 3.8) is 0 Å². The third-order valence-corrected chi connectivity index (χ3v) is 5.70. The number of halogens is 4. The summed E-state index contributed by atoms with van der Waals surface area (Å²) in [6.07, 6.45) is -1.13. The molecule has 4 aromatic rings. The molecule has 0 bridgehead atoms. The molecule has 0 spiro atoms. The summed E-state index contributed by atoms with van der Waals surface area (Å²) in [6.45, 7) is 0.520. The molecule has 0 amide bonds. The van der Waals surface area contributed by atoms with Gasteiger partial charge < -0.3 is 14.5 Å². The van der Waals surface area contributed by atoms with E-state index in [1.807, 2.05) is 22.9 Å². The van der Waals surface area contributed by atoms with Crippen molar-refractivity contribution in [3.8, 4) is 17.0 Å². The second kappa shape index (κ2) is 7.61. The molecule has 33 heavy (non-hydrogen) atoms. The predicted octanol–water partition coefficient (Wildman–Crippen LogP) is 6.01. The van der Waals surface area contributed by atoms with Crippen LogP contribution in [-0.4, -0.2) is 30.8 Å². The minimum atomic E-state index is -4.57. The van der Waals surface area contributed by atoms with Crippen LogP contribution in [-0.2, 0) is 6.18 Å². The molecule has 5 rings (SSSR count). The Bertz CT molecular complexity index is 1360. The Morgan fingerprint density at radius 2 is 1.79 bits per heavy atom. The fraction of sp³-hybridized carbons (Fsp3) is 0.167. The van der Waals surface area contributed by atoms with Gasteiger partial charge >= 0.3 is 6.18 Å². The molecule has 0 atom stereocenters. The molecule has 0 fully saturated rings. The van der Waals surface area contributed by atoms with Crippen LogP contribution in [0, 0.1) is 5.82 Å². The zero-order valence-electron chi connectivity index (χ0n) is 17.7. The number of hydrogen-bond donors (Lipinski definition) is 0. The van der Waals surface area contributed by atoms with Crippen LogP contribution in [0.15, 0.2) is 60.9 Å². The Balaban J connectivity index is 1.68. The Labute approximate surface area is 186 Å². The third kappa shape index (κ3) is 3.59. The number of alkyl halides is 3. The van der Waals surface area contributed by atoms with Crippen LogP contribution >= 0.6 is 0 Å². The Kier molecular flexibility index (Phi) is 4.84. The molecule has 1 aliphatic heterocycles. The second-order valence-electron chi connectivity index (χ2n) is 7.74. The van der Waals surface area contributed by atoms with Crippen molar-refractivity contribution in [1.29, 1.82) is 0 Å². The van der Waals surface area contributed by atoms with Crippen LogP contribution in [0.1, 0.15) is 5.56 Å². The predicted molar refractivity (Wildman–Crippen MR) is 118 cm³/mol. The zero-order chi connectivity index (χ0) is 23.3. The molecular formula is C24H18F4N4O. The number of anilines is 3. The number of hydrogen-bond acceptors (Lipinski definition) is 5. The van der Waals surface area contributed by atoms with Gasteiger partial charge in [-0.15, -0.1) is 0 Å². The molecule has 2 aromatic heterocycles. The third-order valence-electron chi connectivity index (χ3n) is 5.70. The maximum Gasteiger partial charge on any atom is 0.416 e. The van der Waals surface area contributed by atoms with Crippen LogP contribution < -0.4 is 14.5 Å². The topological polar surface area (TPSA) is 41.5 Å². The minimum Gasteiger partial charge on any atom is -0.481 e. The molecule has 0 saturated heterocycles. The van der Waals surface area contributed by atoms with Crippen molar-refractivity contribution in [3.05, 3.63) is 72.3 Å². The van der Waals surface area contributed by atoms with E-state index in [-0.39, 0.29) is 5.56 Å². The van der Waals surface area contributed by atoms with Crippen molar-refractivity contribution in [2.24, 2.45) is 0 Å². The molecule has 0 radical (unpaired) electrons. The van der Waals surface area contributed by atoms with Crippen LogP contribution in [0.5, 0.6) is 5.88 Å². The highest BCUT2D eigenvalue weighted by Gasteiger charge is 2.32. The highest BCUT2D eigenvalue weighted by atomic mass is 19.4. The van der Waals surface area contributed by atoms with Crippen molar-refractivity contribution in [1.82, 2.24) is 9.97 Å². The Morgan fingerprint density at radius 3 is 2.48 bits per heavy atom. The summed E-state index contributed by atoms with van der Waals surface area (Å²) in [5.74, 6) is -0.246. The van der Waals surface area contributed by atoms with E-state index in [1.165, 1.54) is 7.11 Å². The summed E-state index contributed by atoms with van der Waals surface area (Å²) in [7, 11) is 3.45. The Morgan fingerprint density at radius 1 is 0.970 bits per heavy atom. The van der Waals surface area contributed by atoms with Gasteiger partial charge in [-0.3, -0.25) is 4.98 Å². The van der Waals surface area contributed by atoms with Crippen LogP contribution in [0.3, 0.4) is 0 Å². The molecule has 0 aliphatic carbocycles. The standard InChI is InChI=1S/C24H18F4N4O/c1-31-13-32(16-5-8-22(33-2)30-11-16)23-18-9-14(3-7-20(18)29-12-21(23)31)17-10-15(24(26,27)28)4-6-19(17)25/h3-12H,13H2,1-2H3. The zero-order valence-corrected chi connectivity index (χ0v) is 17.7. The number of methoxy groups -OCH3 is 1. The van der Waals surface area contributed by atoms with Crippen molar-refractivity contribution in [2.45, 2.75) is 6.18 Å². The van der Waals surface area contributed by atoms with Gasteiger partial charge in [-0.1, -0.05) is 6.07 Å². The van der Waals surface area contributed by atoms with Gasteiger partial charge in [0.25, 0.3) is 0 Å². The van der Waals surface area contributed by atoms with E-state index in [2.05, 4.69) is 9.97 Å². The van der Waals surface area contributed by atoms with Crippen LogP contribution in [0.25, 0.3) is 22.0 Å². The molecule has 2 aromatic carbocycles. The first-order valence-electron chi connectivity index (χ1n) is 10.0. The molecule has 0 unspecified atom stereocenters. The first-order valence-corrected chi connectivity index (χ1v) is 10.0. The van der Waals surface area contributed by atoms with Gasteiger partial charge in [-0.25, -0.2) is 9.37 Å². The lowest BCUT2D eigenvalue weighted by atomic mass is 9.99. The maximum absolute atomic E-state index is 14.6. The van der Waals surface area contributed by atoms with Crippen molar-refractivity contribution in [2.75, 3.05) is 30.6 Å². The monoisotopic (exact) mass is 454 g/mol. The van der Waals surface area contributed by atoms with Gasteiger partial charge in [0, 0.05) is 24.1 Å². The molecule has 1 aliphatic rings. The number of aromatic nitrogens is 2. The number of pyridine rings is 2. The number of ether oxygens (including phenoxy) is 1. The SMILES string of the molecule is COc1ccc(N2CN(C)c3cnc4ccc(-c5cc(C(F)(F)F)ccc5F)cc4c32)cn1. The number of fused-ring (bicyclic) bond motifs is 3. The van der Waals surface area contributed by atoms with E-state index in [4.69, 9.17) is 4.74 Å². The average molecular weight is 454 g/mol. The van der Waals surface area contributed by atoms with E-state index in [0.29, 0.717) is 29.0 Å². The van der Waals surface area contributed by atoms with Gasteiger partial charge in [0.15, 0.2) is 0 Å². The first kappa shape index (κ1) is 21.0. The molecule has 3 heterocycles. The lowest BCUT2D eigenvalue weighted by Gasteiger charge is -2.20. The fourth-order valence-corrected chi connectivity index (χ4v) is 4.04. The summed E-state index contributed by atoms with van der Waals surface area (Å²) < 4.78 is 59.4. The molecular weight excluding hydrogens is 436 g/mol. The number of nitrogens with zero attached hydrogens (tertiary/aromatic N) is 4. The van der Waals surface area contributed by atoms with E-state index < -0.39 is 17.6 Å². The molecule has 0 saturated carbocycles. The molecule has 0 N–H and O–H groups in total. The van der Waals surface area contributed by atoms with E-state index in [0.717, 1.165) is 35.3 Å². The van der Waals surface area contributed by atoms with E-state index >= 15 is 0 Å². The summed E-state index contributed by atoms with van der Waals surface area (Å²) in [5, 5.41) is 0.696. The lowest BCUT2D eigenvalue weighted by Crippen LogP contribution is -2.24. The number of benzene rings is 2. The van der Waals surface area contributed by atoms with Crippen LogP contribution in [0.4, 0.5) is 34.6 Å². The summed E-state index contributed by atoms with van der Waals surface area (Å²) in [5.41, 5.74) is 2.44. The highest BCUT2D eigenvalue weighted by molar-refractivity contribution is 6.04. The quantitative estimate of drug-likeness (QED) is 0.355. The van der Waals surface area contributed by atoms with E-state index in [9.17, 15) is 17.6 Å². The number of rotatable bonds is 3. The van der Waals surface area contributed by atoms with Crippen molar-refractivity contribution < 1.29 is 22.3 Å². The molecule has 168 valence electrons. The van der Waals surface area contributed by atoms with Gasteiger partial charge in [0.05, 0.1) is 54.3 Å². The first-order chi connectivity index (χ1) is 15.8. The fourth-order valence-electron chi connectivity index (χ4n) is 4.04. The second-order valence-corrected chi connectivity index (χ2v) is 7.74. The smallest absolute Gasteiger partial charge is 0.416 e. The van der Waals surface area contributed by atoms with Crippen LogP contribution in [0.2, 0.25) is 0 Å². The lowest BCUT2D eigenvalue weighted by molar-refractivity contribution is -0.137. The summed E-state index contributed by atoms with van der Waals surface area (Å²) in [6, 6.07) is 11.0. The molecule has 9 heteroatoms. The largest absolute Gasteiger partial charge is 0.481 e. The van der Waals surface area contributed by atoms with Gasteiger partial charge in [-0.05, 0) is 42.0 Å². The maximum atomic E-state index is 14.6. The van der Waals surface area contributed by atoms with E-state index in [1.54, 1.807) is 36.7 Å². The van der Waals surface area contributed by atoms with Gasteiger partial charge in [-0.2, -0.15) is 13.2 Å².